The van der Waals surface area contributed by atoms with E-state index < -0.39 is 0 Å². The number of likely N-dealkylation sites (N-methyl/N-ethyl adjacent to an activating group) is 2. The van der Waals surface area contributed by atoms with Gasteiger partial charge in [-0.15, -0.1) is 0 Å². The Labute approximate surface area is 122 Å². The van der Waals surface area contributed by atoms with Gasteiger partial charge in [-0.2, -0.15) is 0 Å². The van der Waals surface area contributed by atoms with Crippen LogP contribution in [-0.2, 0) is 5.41 Å². The van der Waals surface area contributed by atoms with Gasteiger partial charge in [-0.1, -0.05) is 13.0 Å². The van der Waals surface area contributed by atoms with E-state index in [0.29, 0.717) is 12.1 Å². The summed E-state index contributed by atoms with van der Waals surface area (Å²) in [6, 6.07) is 7.68. The van der Waals surface area contributed by atoms with Crippen LogP contribution in [0.1, 0.15) is 24.5 Å². The van der Waals surface area contributed by atoms with Crippen LogP contribution in [0.15, 0.2) is 18.2 Å². The lowest BCUT2D eigenvalue weighted by Crippen LogP contribution is -2.60. The first-order valence-corrected chi connectivity index (χ1v) is 7.54. The van der Waals surface area contributed by atoms with Gasteiger partial charge in [-0.05, 0) is 56.6 Å². The summed E-state index contributed by atoms with van der Waals surface area (Å²) in [6.07, 6.45) is 1.27. The predicted octanol–water partition coefficient (Wildman–Crippen LogP) is 2.18. The van der Waals surface area contributed by atoms with Crippen molar-refractivity contribution in [1.82, 2.24) is 10.2 Å². The summed E-state index contributed by atoms with van der Waals surface area (Å²) in [5.41, 5.74) is 3.00. The number of ether oxygens (including phenoxy) is 1. The summed E-state index contributed by atoms with van der Waals surface area (Å²) >= 11 is 0. The molecule has 0 aromatic heterocycles. The highest BCUT2D eigenvalue weighted by Gasteiger charge is 2.57. The third-order valence-corrected chi connectivity index (χ3v) is 5.60. The lowest BCUT2D eigenvalue weighted by Gasteiger charge is -2.45. The largest absolute Gasteiger partial charge is 0.497 e. The first-order chi connectivity index (χ1) is 9.51. The molecule has 0 amide bonds. The van der Waals surface area contributed by atoms with Crippen molar-refractivity contribution in [3.05, 3.63) is 29.3 Å². The maximum atomic E-state index is 5.44. The molecule has 2 aliphatic rings. The highest BCUT2D eigenvalue weighted by molar-refractivity contribution is 5.43. The molecule has 1 aromatic carbocycles. The van der Waals surface area contributed by atoms with E-state index in [1.54, 1.807) is 7.11 Å². The molecule has 2 unspecified atom stereocenters. The summed E-state index contributed by atoms with van der Waals surface area (Å²) in [6.45, 7) is 5.88. The van der Waals surface area contributed by atoms with Crippen molar-refractivity contribution in [2.24, 2.45) is 5.92 Å². The van der Waals surface area contributed by atoms with Crippen molar-refractivity contribution in [2.45, 2.75) is 37.8 Å². The van der Waals surface area contributed by atoms with Gasteiger partial charge >= 0.3 is 0 Å². The zero-order chi connectivity index (χ0) is 14.5. The zero-order valence-electron chi connectivity index (χ0n) is 13.2. The van der Waals surface area contributed by atoms with Gasteiger partial charge in [0.15, 0.2) is 0 Å². The van der Waals surface area contributed by atoms with Gasteiger partial charge in [0.25, 0.3) is 0 Å². The van der Waals surface area contributed by atoms with E-state index >= 15 is 0 Å². The lowest BCUT2D eigenvalue weighted by atomic mass is 9.75. The van der Waals surface area contributed by atoms with Crippen LogP contribution in [0.5, 0.6) is 5.75 Å². The quantitative estimate of drug-likeness (QED) is 0.914. The number of nitrogens with one attached hydrogen (secondary N) is 1. The molecule has 1 aliphatic heterocycles. The number of hydrogen-bond acceptors (Lipinski definition) is 3. The maximum absolute atomic E-state index is 5.44. The standard InChI is InChI=1S/C17H26N2O/c1-11-6-7-13(20-5)8-14(11)17(2)9-12-10-19(4)15(12)16(17)18-3/h6-8,12,15-16,18H,9-10H2,1-5H3/t12?,15?,16-,17-/m1/s1. The molecule has 0 spiro atoms. The second kappa shape index (κ2) is 4.74. The molecular formula is C17H26N2O. The Hall–Kier alpha value is -1.06. The van der Waals surface area contributed by atoms with E-state index in [1.807, 2.05) is 0 Å². The molecule has 1 aromatic rings. The minimum atomic E-state index is 0.188. The highest BCUT2D eigenvalue weighted by atomic mass is 16.5. The number of nitrogens with zero attached hydrogens (tertiary/aromatic N) is 1. The fourth-order valence-corrected chi connectivity index (χ4v) is 4.69. The average molecular weight is 274 g/mol. The Morgan fingerprint density at radius 2 is 2.15 bits per heavy atom. The van der Waals surface area contributed by atoms with Gasteiger partial charge in [0.1, 0.15) is 5.75 Å². The minimum absolute atomic E-state index is 0.188. The van der Waals surface area contributed by atoms with Gasteiger partial charge in [0.05, 0.1) is 7.11 Å². The molecule has 1 aliphatic carbocycles. The van der Waals surface area contributed by atoms with E-state index in [9.17, 15) is 0 Å². The molecule has 1 heterocycles. The normalized spacial score (nSPS) is 36.5. The van der Waals surface area contributed by atoms with Crippen molar-refractivity contribution in [1.29, 1.82) is 0 Å². The van der Waals surface area contributed by atoms with Crippen LogP contribution in [0.25, 0.3) is 0 Å². The number of fused-ring (bicyclic) bond motifs is 1. The van der Waals surface area contributed by atoms with E-state index in [4.69, 9.17) is 4.74 Å². The van der Waals surface area contributed by atoms with Gasteiger partial charge in [-0.25, -0.2) is 0 Å². The number of rotatable bonds is 3. The first kappa shape index (κ1) is 13.9. The van der Waals surface area contributed by atoms with Crippen LogP contribution in [0.3, 0.4) is 0 Å². The molecule has 20 heavy (non-hydrogen) atoms. The molecule has 1 saturated heterocycles. The van der Waals surface area contributed by atoms with Crippen molar-refractivity contribution in [3.8, 4) is 5.75 Å². The Bertz CT molecular complexity index is 516. The summed E-state index contributed by atoms with van der Waals surface area (Å²) in [5.74, 6) is 1.79. The van der Waals surface area contributed by atoms with Crippen molar-refractivity contribution >= 4 is 0 Å². The number of hydrogen-bond donors (Lipinski definition) is 1. The molecule has 3 heteroatoms. The lowest BCUT2D eigenvalue weighted by molar-refractivity contribution is 0.0515. The van der Waals surface area contributed by atoms with Gasteiger partial charge in [0, 0.05) is 24.0 Å². The number of benzene rings is 1. The first-order valence-electron chi connectivity index (χ1n) is 7.54. The number of aryl methyl sites for hydroxylation is 1. The van der Waals surface area contributed by atoms with Gasteiger partial charge < -0.3 is 15.0 Å². The fourth-order valence-electron chi connectivity index (χ4n) is 4.69. The Balaban J connectivity index is 2.03. The SMILES string of the molecule is CN[C@@H]1C2C(CN2C)C[C@]1(C)c1cc(OC)ccc1C. The molecule has 3 nitrogen and oxygen atoms in total. The topological polar surface area (TPSA) is 24.5 Å². The second-order valence-corrected chi connectivity index (χ2v) is 6.76. The molecular weight excluding hydrogens is 248 g/mol. The third-order valence-electron chi connectivity index (χ3n) is 5.60. The summed E-state index contributed by atoms with van der Waals surface area (Å²) in [5, 5.41) is 3.60. The van der Waals surface area contributed by atoms with Crippen molar-refractivity contribution < 1.29 is 4.74 Å². The van der Waals surface area contributed by atoms with Crippen LogP contribution in [0, 0.1) is 12.8 Å². The average Bonchev–Trinajstić information content (AvgIpc) is 2.67. The summed E-state index contributed by atoms with van der Waals surface area (Å²) in [4.78, 5) is 2.49. The van der Waals surface area contributed by atoms with E-state index in [1.165, 1.54) is 24.1 Å². The van der Waals surface area contributed by atoms with Gasteiger partial charge in [-0.3, -0.25) is 0 Å². The monoisotopic (exact) mass is 274 g/mol. The minimum Gasteiger partial charge on any atom is -0.497 e. The second-order valence-electron chi connectivity index (χ2n) is 6.76. The molecule has 110 valence electrons. The molecule has 1 saturated carbocycles. The van der Waals surface area contributed by atoms with E-state index in [2.05, 4.69) is 56.4 Å². The summed E-state index contributed by atoms with van der Waals surface area (Å²) < 4.78 is 5.44. The Morgan fingerprint density at radius 1 is 1.40 bits per heavy atom. The van der Waals surface area contributed by atoms with Crippen LogP contribution >= 0.6 is 0 Å². The molecule has 0 radical (unpaired) electrons. The van der Waals surface area contributed by atoms with E-state index in [-0.39, 0.29) is 5.41 Å². The van der Waals surface area contributed by atoms with Crippen LogP contribution in [0.4, 0.5) is 0 Å². The van der Waals surface area contributed by atoms with E-state index in [0.717, 1.165) is 11.7 Å². The van der Waals surface area contributed by atoms with Crippen LogP contribution in [-0.4, -0.2) is 44.7 Å². The van der Waals surface area contributed by atoms with Crippen molar-refractivity contribution in [3.63, 3.8) is 0 Å². The smallest absolute Gasteiger partial charge is 0.119 e. The van der Waals surface area contributed by atoms with Crippen LogP contribution < -0.4 is 10.1 Å². The molecule has 4 atom stereocenters. The molecule has 3 rings (SSSR count). The maximum Gasteiger partial charge on any atom is 0.119 e. The van der Waals surface area contributed by atoms with Crippen LogP contribution in [0.2, 0.25) is 0 Å². The van der Waals surface area contributed by atoms with Gasteiger partial charge in [0.2, 0.25) is 0 Å². The Kier molecular flexibility index (Phi) is 3.30. The number of likely N-dealkylation sites (tertiary alicyclic amines) is 1. The molecule has 1 N–H and O–H groups in total. The summed E-state index contributed by atoms with van der Waals surface area (Å²) in [7, 11) is 6.10. The van der Waals surface area contributed by atoms with Crippen molar-refractivity contribution in [2.75, 3.05) is 27.7 Å². The highest BCUT2D eigenvalue weighted by Crippen LogP contribution is 2.51. The zero-order valence-corrected chi connectivity index (χ0v) is 13.2. The Morgan fingerprint density at radius 3 is 2.75 bits per heavy atom. The molecule has 0 bridgehead atoms. The number of methoxy groups -OCH3 is 1. The predicted molar refractivity (Wildman–Crippen MR) is 82.5 cm³/mol. The fraction of sp³-hybridized carbons (Fsp3) is 0.647. The molecule has 2 fully saturated rings. The third kappa shape index (κ3) is 1.80.